The van der Waals surface area contributed by atoms with Gasteiger partial charge in [-0.25, -0.2) is 0 Å². The van der Waals surface area contributed by atoms with E-state index >= 15 is 0 Å². The molecule has 0 spiro atoms. The third kappa shape index (κ3) is 4.47. The van der Waals surface area contributed by atoms with Crippen LogP contribution in [0.1, 0.15) is 40.5 Å². The lowest BCUT2D eigenvalue weighted by molar-refractivity contribution is -0.140. The summed E-state index contributed by atoms with van der Waals surface area (Å²) in [5.41, 5.74) is 0.550. The lowest BCUT2D eigenvalue weighted by atomic mass is 9.89. The maximum atomic E-state index is 12.6. The van der Waals surface area contributed by atoms with Crippen LogP contribution in [0.3, 0.4) is 0 Å². The normalized spacial score (nSPS) is 23.8. The van der Waals surface area contributed by atoms with Crippen molar-refractivity contribution in [3.8, 4) is 5.75 Å². The van der Waals surface area contributed by atoms with Gasteiger partial charge in [-0.15, -0.1) is 0 Å². The molecule has 2 unspecified atom stereocenters. The van der Waals surface area contributed by atoms with Gasteiger partial charge in [0.1, 0.15) is 0 Å². The molecular weight excluding hydrogens is 302 g/mol. The molecule has 1 heterocycles. The topological polar surface area (TPSA) is 55.4 Å². The van der Waals surface area contributed by atoms with E-state index in [1.54, 1.807) is 18.2 Å². The van der Waals surface area contributed by atoms with E-state index in [1.807, 2.05) is 45.9 Å². The lowest BCUT2D eigenvalue weighted by Gasteiger charge is -2.22. The smallest absolute Gasteiger partial charge is 0.314 e. The van der Waals surface area contributed by atoms with Gasteiger partial charge in [0.05, 0.1) is 11.6 Å². The molecule has 0 aromatic heterocycles. The second-order valence-corrected chi connectivity index (χ2v) is 7.05. The van der Waals surface area contributed by atoms with Crippen LogP contribution in [0.15, 0.2) is 36.4 Å². The number of rotatable bonds is 2. The highest BCUT2D eigenvalue weighted by molar-refractivity contribution is 5.94. The van der Waals surface area contributed by atoms with Crippen LogP contribution in [-0.4, -0.2) is 11.9 Å². The lowest BCUT2D eigenvalue weighted by Crippen LogP contribution is -2.28. The summed E-state index contributed by atoms with van der Waals surface area (Å²) >= 11 is 0. The van der Waals surface area contributed by atoms with Crippen molar-refractivity contribution >= 4 is 17.6 Å². The molecule has 1 aromatic rings. The van der Waals surface area contributed by atoms with Crippen LogP contribution >= 0.6 is 0 Å². The molecule has 1 aromatic carbocycles. The van der Waals surface area contributed by atoms with Gasteiger partial charge in [0.25, 0.3) is 0 Å². The fourth-order valence-electron chi connectivity index (χ4n) is 2.88. The molecule has 1 aliphatic rings. The van der Waals surface area contributed by atoms with E-state index in [0.717, 1.165) is 0 Å². The van der Waals surface area contributed by atoms with Crippen LogP contribution in [0.5, 0.6) is 5.75 Å². The van der Waals surface area contributed by atoms with Crippen molar-refractivity contribution in [2.75, 3.05) is 5.32 Å². The highest BCUT2D eigenvalue weighted by atomic mass is 16.5. The second kappa shape index (κ2) is 8.13. The van der Waals surface area contributed by atoms with E-state index in [0.29, 0.717) is 24.3 Å². The highest BCUT2D eigenvalue weighted by Gasteiger charge is 2.26. The van der Waals surface area contributed by atoms with Crippen molar-refractivity contribution in [2.24, 2.45) is 23.7 Å². The van der Waals surface area contributed by atoms with Crippen molar-refractivity contribution in [2.45, 2.75) is 40.5 Å². The van der Waals surface area contributed by atoms with E-state index in [9.17, 15) is 9.59 Å². The van der Waals surface area contributed by atoms with Gasteiger partial charge in [0.2, 0.25) is 5.91 Å². The van der Waals surface area contributed by atoms with Crippen LogP contribution in [0.4, 0.5) is 5.69 Å². The number of anilines is 1. The number of esters is 1. The van der Waals surface area contributed by atoms with E-state index in [1.165, 1.54) is 0 Å². The van der Waals surface area contributed by atoms with Crippen LogP contribution in [0.25, 0.3) is 0 Å². The van der Waals surface area contributed by atoms with Gasteiger partial charge in [0.15, 0.2) is 5.75 Å². The largest absolute Gasteiger partial charge is 0.424 e. The molecule has 1 amide bonds. The average molecular weight is 329 g/mol. The summed E-state index contributed by atoms with van der Waals surface area (Å²) in [6.07, 6.45) is 5.32. The Morgan fingerprint density at radius 2 is 1.54 bits per heavy atom. The number of para-hydroxylation sites is 2. The van der Waals surface area contributed by atoms with Crippen LogP contribution in [-0.2, 0) is 9.59 Å². The molecular formula is C20H27NO3. The summed E-state index contributed by atoms with van der Waals surface area (Å²) in [5, 5.41) is 2.92. The zero-order valence-electron chi connectivity index (χ0n) is 14.9. The number of nitrogens with one attached hydrogen (secondary N) is 1. The zero-order chi connectivity index (χ0) is 17.7. The molecule has 0 bridgehead atoms. The predicted molar refractivity (Wildman–Crippen MR) is 95.7 cm³/mol. The van der Waals surface area contributed by atoms with Crippen molar-refractivity contribution in [3.63, 3.8) is 0 Å². The average Bonchev–Trinajstić information content (AvgIpc) is 2.50. The van der Waals surface area contributed by atoms with Gasteiger partial charge in [-0.2, -0.15) is 0 Å². The van der Waals surface area contributed by atoms with E-state index in [2.05, 4.69) is 5.32 Å². The monoisotopic (exact) mass is 329 g/mol. The van der Waals surface area contributed by atoms with Crippen LogP contribution in [0, 0.1) is 23.7 Å². The molecule has 0 saturated heterocycles. The Labute approximate surface area is 144 Å². The molecule has 24 heavy (non-hydrogen) atoms. The molecule has 0 fully saturated rings. The van der Waals surface area contributed by atoms with Gasteiger partial charge in [-0.05, 0) is 36.8 Å². The molecule has 0 aliphatic carbocycles. The molecule has 0 radical (unpaired) electrons. The Kier molecular flexibility index (Phi) is 6.18. The number of fused-ring (bicyclic) bond motifs is 1. The van der Waals surface area contributed by atoms with Crippen molar-refractivity contribution in [1.82, 2.24) is 0 Å². The van der Waals surface area contributed by atoms with Gasteiger partial charge >= 0.3 is 5.97 Å². The quantitative estimate of drug-likeness (QED) is 0.496. The molecule has 1 aliphatic heterocycles. The van der Waals surface area contributed by atoms with Gasteiger partial charge in [-0.1, -0.05) is 52.0 Å². The van der Waals surface area contributed by atoms with Crippen molar-refractivity contribution < 1.29 is 14.3 Å². The second-order valence-electron chi connectivity index (χ2n) is 7.05. The van der Waals surface area contributed by atoms with E-state index in [4.69, 9.17) is 4.74 Å². The summed E-state index contributed by atoms with van der Waals surface area (Å²) in [4.78, 5) is 25.1. The summed E-state index contributed by atoms with van der Waals surface area (Å²) in [6, 6.07) is 7.11. The fraction of sp³-hybridized carbons (Fsp3) is 0.500. The summed E-state index contributed by atoms with van der Waals surface area (Å²) < 4.78 is 5.60. The first-order valence-corrected chi connectivity index (χ1v) is 8.66. The summed E-state index contributed by atoms with van der Waals surface area (Å²) in [7, 11) is 0. The molecule has 1 N–H and O–H groups in total. The first kappa shape index (κ1) is 18.2. The minimum absolute atomic E-state index is 0.0425. The van der Waals surface area contributed by atoms with Crippen LogP contribution < -0.4 is 10.1 Å². The Bertz CT molecular complexity index is 566. The molecule has 4 nitrogen and oxygen atoms in total. The Morgan fingerprint density at radius 3 is 2.17 bits per heavy atom. The minimum atomic E-state index is -0.252. The number of allylic oxidation sites excluding steroid dienone is 2. The van der Waals surface area contributed by atoms with Gasteiger partial charge in [-0.3, -0.25) is 9.59 Å². The first-order valence-electron chi connectivity index (χ1n) is 8.66. The number of benzene rings is 1. The number of hydrogen-bond donors (Lipinski definition) is 1. The van der Waals surface area contributed by atoms with Crippen LogP contribution in [0.2, 0.25) is 0 Å². The zero-order valence-corrected chi connectivity index (χ0v) is 14.9. The van der Waals surface area contributed by atoms with Gasteiger partial charge < -0.3 is 10.1 Å². The Morgan fingerprint density at radius 1 is 0.958 bits per heavy atom. The fourth-order valence-corrected chi connectivity index (χ4v) is 2.88. The first-order chi connectivity index (χ1) is 11.4. The van der Waals surface area contributed by atoms with Crippen molar-refractivity contribution in [3.05, 3.63) is 36.4 Å². The highest BCUT2D eigenvalue weighted by Crippen LogP contribution is 2.29. The standard InChI is InChI=1S/C20H27NO3/c1-13(2)15-9-5-6-10-16(14(3)4)20(23)24-18-12-8-7-11-17(18)21-19(15)22/h5-8,11-16H,9-10H2,1-4H3,(H,21,22)/b6-5+. The Hall–Kier alpha value is -2.10. The number of carbonyl (C=O) groups excluding carboxylic acids is 2. The third-order valence-electron chi connectivity index (χ3n) is 4.55. The van der Waals surface area contributed by atoms with E-state index < -0.39 is 0 Å². The number of amides is 1. The number of hydrogen-bond acceptors (Lipinski definition) is 3. The van der Waals surface area contributed by atoms with E-state index in [-0.39, 0.29) is 35.5 Å². The predicted octanol–water partition coefficient (Wildman–Crippen LogP) is 4.42. The van der Waals surface area contributed by atoms with Crippen molar-refractivity contribution in [1.29, 1.82) is 0 Å². The number of ether oxygens (including phenoxy) is 1. The maximum absolute atomic E-state index is 12.6. The summed E-state index contributed by atoms with van der Waals surface area (Å²) in [5.74, 6) is 0.231. The summed E-state index contributed by atoms with van der Waals surface area (Å²) in [6.45, 7) is 8.14. The van der Waals surface area contributed by atoms with Gasteiger partial charge in [0, 0.05) is 5.92 Å². The maximum Gasteiger partial charge on any atom is 0.314 e. The number of carbonyl (C=O) groups is 2. The molecule has 2 atom stereocenters. The minimum Gasteiger partial charge on any atom is -0.424 e. The Balaban J connectivity index is 2.37. The molecule has 0 saturated carbocycles. The molecule has 2 rings (SSSR count). The third-order valence-corrected chi connectivity index (χ3v) is 4.55. The molecule has 4 heteroatoms. The molecule has 130 valence electrons. The SMILES string of the molecule is CC(C)C1C/C=C/CC(C(C)C)C(=O)Oc2ccccc2NC1=O.